The van der Waals surface area contributed by atoms with Gasteiger partial charge in [0.05, 0.1) is 0 Å². The minimum absolute atomic E-state index is 0. The van der Waals surface area contributed by atoms with Crippen molar-refractivity contribution in [2.24, 2.45) is 10.9 Å². The zero-order valence-electron chi connectivity index (χ0n) is 17.6. The van der Waals surface area contributed by atoms with Crippen molar-refractivity contribution < 1.29 is 0 Å². The highest BCUT2D eigenvalue weighted by atomic mass is 127. The number of thiophene rings is 1. The molecule has 4 heterocycles. The maximum absolute atomic E-state index is 4.54. The second kappa shape index (κ2) is 11.8. The summed E-state index contributed by atoms with van der Waals surface area (Å²) in [5, 5.41) is 5.82. The van der Waals surface area contributed by atoms with Crippen LogP contribution in [0.1, 0.15) is 17.7 Å². The molecule has 0 aliphatic carbocycles. The van der Waals surface area contributed by atoms with E-state index in [1.54, 1.807) is 12.4 Å². The Morgan fingerprint density at radius 2 is 1.97 bits per heavy atom. The fourth-order valence-corrected chi connectivity index (χ4v) is 4.97. The highest BCUT2D eigenvalue weighted by Crippen LogP contribution is 2.20. The molecule has 0 radical (unpaired) electrons. The first kappa shape index (κ1) is 23.2. The Bertz CT molecular complexity index is 763. The lowest BCUT2D eigenvalue weighted by atomic mass is 9.98. The normalized spacial score (nSPS) is 20.7. The molecular weight excluding hydrogens is 509 g/mol. The summed E-state index contributed by atoms with van der Waals surface area (Å²) in [4.78, 5) is 21.9. The SMILES string of the molecule is CN=C(NCC1CCCN(Cc2cccs2)C1)N1CCN(c2ncccn2)CC1.I. The van der Waals surface area contributed by atoms with Crippen LogP contribution in [-0.4, -0.2) is 78.6 Å². The molecule has 0 saturated carbocycles. The second-order valence-corrected chi connectivity index (χ2v) is 8.81. The Morgan fingerprint density at radius 1 is 1.17 bits per heavy atom. The standard InChI is InChI=1S/C21H31N7S.HI/c1-22-20(27-10-12-28(13-11-27)21-23-7-4-8-24-21)25-15-18-5-2-9-26(16-18)17-19-6-3-14-29-19;/h3-4,6-8,14,18H,2,5,9-13,15-17H2,1H3,(H,22,25);1H. The van der Waals surface area contributed by atoms with E-state index < -0.39 is 0 Å². The number of likely N-dealkylation sites (tertiary alicyclic amines) is 1. The average Bonchev–Trinajstić information content (AvgIpc) is 3.29. The number of hydrogen-bond donors (Lipinski definition) is 1. The van der Waals surface area contributed by atoms with Crippen LogP contribution in [0.5, 0.6) is 0 Å². The van der Waals surface area contributed by atoms with E-state index in [-0.39, 0.29) is 24.0 Å². The molecule has 2 saturated heterocycles. The number of aliphatic imine (C=N–C) groups is 1. The van der Waals surface area contributed by atoms with Gasteiger partial charge < -0.3 is 15.1 Å². The lowest BCUT2D eigenvalue weighted by Gasteiger charge is -2.37. The van der Waals surface area contributed by atoms with Crippen LogP contribution in [0, 0.1) is 5.92 Å². The Morgan fingerprint density at radius 3 is 2.67 bits per heavy atom. The number of guanidine groups is 1. The number of hydrogen-bond acceptors (Lipinski definition) is 6. The smallest absolute Gasteiger partial charge is 0.225 e. The molecule has 1 N–H and O–H groups in total. The molecule has 2 aromatic rings. The predicted octanol–water partition coefficient (Wildman–Crippen LogP) is 2.77. The van der Waals surface area contributed by atoms with Crippen LogP contribution in [0.15, 0.2) is 41.0 Å². The summed E-state index contributed by atoms with van der Waals surface area (Å²) in [6.07, 6.45) is 6.19. The molecule has 164 valence electrons. The van der Waals surface area contributed by atoms with E-state index in [1.807, 2.05) is 24.5 Å². The summed E-state index contributed by atoms with van der Waals surface area (Å²) in [5.74, 6) is 2.52. The molecule has 1 unspecified atom stereocenters. The van der Waals surface area contributed by atoms with Crippen LogP contribution >= 0.6 is 35.3 Å². The first-order valence-electron chi connectivity index (χ1n) is 10.5. The van der Waals surface area contributed by atoms with Gasteiger partial charge in [0.1, 0.15) is 0 Å². The zero-order chi connectivity index (χ0) is 19.9. The molecule has 1 atom stereocenters. The Kier molecular flexibility index (Phi) is 9.13. The maximum Gasteiger partial charge on any atom is 0.225 e. The third-order valence-electron chi connectivity index (χ3n) is 5.74. The van der Waals surface area contributed by atoms with Crippen LogP contribution in [0.2, 0.25) is 0 Å². The van der Waals surface area contributed by atoms with E-state index in [4.69, 9.17) is 0 Å². The number of anilines is 1. The van der Waals surface area contributed by atoms with Gasteiger partial charge in [-0.1, -0.05) is 6.07 Å². The van der Waals surface area contributed by atoms with Gasteiger partial charge in [-0.05, 0) is 42.8 Å². The number of aromatic nitrogens is 2. The largest absolute Gasteiger partial charge is 0.356 e. The van der Waals surface area contributed by atoms with Gasteiger partial charge in [-0.25, -0.2) is 9.97 Å². The van der Waals surface area contributed by atoms with Crippen molar-refractivity contribution in [2.75, 3.05) is 57.8 Å². The zero-order valence-corrected chi connectivity index (χ0v) is 20.8. The molecule has 9 heteroatoms. The van der Waals surface area contributed by atoms with Gasteiger partial charge in [-0.15, -0.1) is 35.3 Å². The Labute approximate surface area is 200 Å². The van der Waals surface area contributed by atoms with Gasteiger partial charge in [-0.2, -0.15) is 0 Å². The Hall–Kier alpha value is -1.46. The summed E-state index contributed by atoms with van der Waals surface area (Å²) in [7, 11) is 1.89. The maximum atomic E-state index is 4.54. The van der Waals surface area contributed by atoms with E-state index in [2.05, 4.69) is 52.5 Å². The number of halogens is 1. The topological polar surface area (TPSA) is 59.9 Å². The molecule has 4 rings (SSSR count). The van der Waals surface area contributed by atoms with Crippen LogP contribution in [0.3, 0.4) is 0 Å². The minimum atomic E-state index is 0. The average molecular weight is 542 g/mol. The lowest BCUT2D eigenvalue weighted by Crippen LogP contribution is -2.54. The molecule has 2 aliphatic rings. The fraction of sp³-hybridized carbons (Fsp3) is 0.571. The van der Waals surface area contributed by atoms with Crippen molar-refractivity contribution in [1.29, 1.82) is 0 Å². The molecule has 2 aliphatic heterocycles. The van der Waals surface area contributed by atoms with Crippen molar-refractivity contribution in [3.8, 4) is 0 Å². The van der Waals surface area contributed by atoms with E-state index in [9.17, 15) is 0 Å². The number of nitrogens with one attached hydrogen (secondary N) is 1. The number of nitrogens with zero attached hydrogens (tertiary/aromatic N) is 6. The lowest BCUT2D eigenvalue weighted by molar-refractivity contribution is 0.169. The summed E-state index contributed by atoms with van der Waals surface area (Å²) < 4.78 is 0. The minimum Gasteiger partial charge on any atom is -0.356 e. The molecular formula is C21H32IN7S. The van der Waals surface area contributed by atoms with Crippen molar-refractivity contribution in [3.05, 3.63) is 40.8 Å². The van der Waals surface area contributed by atoms with E-state index in [0.29, 0.717) is 5.92 Å². The van der Waals surface area contributed by atoms with Crippen LogP contribution in [-0.2, 0) is 6.54 Å². The summed E-state index contributed by atoms with van der Waals surface area (Å²) in [6.45, 7) is 8.18. The fourth-order valence-electron chi connectivity index (χ4n) is 4.23. The summed E-state index contributed by atoms with van der Waals surface area (Å²) in [6, 6.07) is 6.25. The molecule has 2 fully saturated rings. The summed E-state index contributed by atoms with van der Waals surface area (Å²) >= 11 is 1.86. The third-order valence-corrected chi connectivity index (χ3v) is 6.60. The van der Waals surface area contributed by atoms with Crippen molar-refractivity contribution in [1.82, 2.24) is 25.1 Å². The first-order valence-corrected chi connectivity index (χ1v) is 11.4. The quantitative estimate of drug-likeness (QED) is 0.357. The molecule has 0 bridgehead atoms. The van der Waals surface area contributed by atoms with Gasteiger partial charge in [0.15, 0.2) is 5.96 Å². The van der Waals surface area contributed by atoms with Gasteiger partial charge in [-0.3, -0.25) is 9.89 Å². The number of piperidine rings is 1. The molecule has 2 aromatic heterocycles. The molecule has 0 aromatic carbocycles. The highest BCUT2D eigenvalue weighted by molar-refractivity contribution is 14.0. The molecule has 30 heavy (non-hydrogen) atoms. The monoisotopic (exact) mass is 541 g/mol. The number of piperazine rings is 1. The van der Waals surface area contributed by atoms with Gasteiger partial charge in [0, 0.05) is 70.1 Å². The molecule has 0 spiro atoms. The second-order valence-electron chi connectivity index (χ2n) is 7.77. The third kappa shape index (κ3) is 6.27. The van der Waals surface area contributed by atoms with Gasteiger partial charge in [0.2, 0.25) is 5.95 Å². The highest BCUT2D eigenvalue weighted by Gasteiger charge is 2.23. The van der Waals surface area contributed by atoms with Gasteiger partial charge in [0.25, 0.3) is 0 Å². The van der Waals surface area contributed by atoms with Crippen molar-refractivity contribution in [2.45, 2.75) is 19.4 Å². The van der Waals surface area contributed by atoms with Gasteiger partial charge >= 0.3 is 0 Å². The Balaban J connectivity index is 0.00000256. The van der Waals surface area contributed by atoms with Crippen molar-refractivity contribution >= 4 is 47.2 Å². The van der Waals surface area contributed by atoms with Crippen LogP contribution < -0.4 is 10.2 Å². The van der Waals surface area contributed by atoms with E-state index >= 15 is 0 Å². The summed E-state index contributed by atoms with van der Waals surface area (Å²) in [5.41, 5.74) is 0. The van der Waals surface area contributed by atoms with E-state index in [1.165, 1.54) is 30.8 Å². The van der Waals surface area contributed by atoms with Crippen molar-refractivity contribution in [3.63, 3.8) is 0 Å². The first-order chi connectivity index (χ1) is 14.3. The molecule has 7 nitrogen and oxygen atoms in total. The number of rotatable bonds is 5. The molecule has 0 amide bonds. The van der Waals surface area contributed by atoms with E-state index in [0.717, 1.165) is 51.2 Å². The van der Waals surface area contributed by atoms with Crippen LogP contribution in [0.25, 0.3) is 0 Å². The predicted molar refractivity (Wildman–Crippen MR) is 135 cm³/mol. The van der Waals surface area contributed by atoms with Crippen LogP contribution in [0.4, 0.5) is 5.95 Å².